The van der Waals surface area contributed by atoms with Gasteiger partial charge in [-0.15, -0.1) is 0 Å². The molecule has 0 spiro atoms. The van der Waals surface area contributed by atoms with Crippen LogP contribution < -0.4 is 10.5 Å². The number of hydrogen-bond donors (Lipinski definition) is 2. The fourth-order valence-electron chi connectivity index (χ4n) is 3.24. The normalized spacial score (nSPS) is 20.2. The number of benzene rings is 1. The maximum atomic E-state index is 14.6. The number of ether oxygens (including phenoxy) is 2. The molecule has 0 radical (unpaired) electrons. The number of rotatable bonds is 10. The van der Waals surface area contributed by atoms with Gasteiger partial charge in [0.2, 0.25) is 5.91 Å². The molecule has 0 saturated heterocycles. The molecular weight excluding hydrogens is 377 g/mol. The molecule has 3 N–H and O–H groups in total. The van der Waals surface area contributed by atoms with Gasteiger partial charge in [0.25, 0.3) is 0 Å². The molecule has 0 bridgehead atoms. The molecule has 1 aromatic carbocycles. The lowest BCUT2D eigenvalue weighted by Gasteiger charge is -2.38. The van der Waals surface area contributed by atoms with Crippen molar-refractivity contribution in [2.24, 2.45) is 11.7 Å². The third-order valence-electron chi connectivity index (χ3n) is 4.82. The largest absolute Gasteiger partial charge is 0.435 e. The van der Waals surface area contributed by atoms with Crippen molar-refractivity contribution in [1.29, 1.82) is 0 Å². The SMILES string of the molecule is CC(O)(C(C(N)=O)[C@@H](COC(F)F)c1cccc(OC(F)F)c1)C1(F)CC1. The molecule has 5 nitrogen and oxygen atoms in total. The number of primary amides is 1. The predicted molar refractivity (Wildman–Crippen MR) is 84.2 cm³/mol. The van der Waals surface area contributed by atoms with E-state index in [0.717, 1.165) is 13.0 Å². The summed E-state index contributed by atoms with van der Waals surface area (Å²) in [6.07, 6.45) is -0.0541. The van der Waals surface area contributed by atoms with Crippen molar-refractivity contribution in [3.63, 3.8) is 0 Å². The van der Waals surface area contributed by atoms with Gasteiger partial charge in [0.15, 0.2) is 0 Å². The highest BCUT2D eigenvalue weighted by Gasteiger charge is 2.63. The van der Waals surface area contributed by atoms with E-state index in [4.69, 9.17) is 5.73 Å². The topological polar surface area (TPSA) is 81.8 Å². The van der Waals surface area contributed by atoms with E-state index in [1.807, 2.05) is 0 Å². The Morgan fingerprint density at radius 2 is 1.93 bits per heavy atom. The molecule has 1 saturated carbocycles. The maximum Gasteiger partial charge on any atom is 0.387 e. The second kappa shape index (κ2) is 7.97. The Morgan fingerprint density at radius 1 is 1.30 bits per heavy atom. The Bertz CT molecular complexity index is 666. The van der Waals surface area contributed by atoms with Gasteiger partial charge in [-0.05, 0) is 37.5 Å². The molecule has 1 aliphatic carbocycles. The number of halogens is 5. The van der Waals surface area contributed by atoms with Crippen LogP contribution in [0.2, 0.25) is 0 Å². The fraction of sp³-hybridized carbons (Fsp3) is 0.588. The van der Waals surface area contributed by atoms with E-state index in [1.54, 1.807) is 0 Å². The van der Waals surface area contributed by atoms with Crippen LogP contribution in [-0.4, -0.2) is 42.1 Å². The molecule has 3 atom stereocenters. The van der Waals surface area contributed by atoms with Crippen molar-refractivity contribution in [3.05, 3.63) is 29.8 Å². The second-order valence-electron chi connectivity index (χ2n) is 6.64. The lowest BCUT2D eigenvalue weighted by Crippen LogP contribution is -2.54. The Morgan fingerprint density at radius 3 is 2.41 bits per heavy atom. The lowest BCUT2D eigenvalue weighted by atomic mass is 9.72. The van der Waals surface area contributed by atoms with Crippen LogP contribution >= 0.6 is 0 Å². The summed E-state index contributed by atoms with van der Waals surface area (Å²) in [6.45, 7) is -6.07. The molecule has 0 aliphatic heterocycles. The Hall–Kier alpha value is -1.94. The first-order chi connectivity index (χ1) is 12.5. The van der Waals surface area contributed by atoms with Crippen molar-refractivity contribution in [2.45, 2.75) is 50.2 Å². The third-order valence-corrected chi connectivity index (χ3v) is 4.82. The zero-order valence-corrected chi connectivity index (χ0v) is 14.4. The molecule has 1 aliphatic rings. The molecule has 0 heterocycles. The summed E-state index contributed by atoms with van der Waals surface area (Å²) >= 11 is 0. The van der Waals surface area contributed by atoms with Gasteiger partial charge in [0.1, 0.15) is 17.0 Å². The molecular formula is C17H20F5NO4. The van der Waals surface area contributed by atoms with Crippen molar-refractivity contribution in [2.75, 3.05) is 6.61 Å². The van der Waals surface area contributed by atoms with Gasteiger partial charge in [-0.3, -0.25) is 4.79 Å². The summed E-state index contributed by atoms with van der Waals surface area (Å²) in [5, 5.41) is 10.7. The third kappa shape index (κ3) is 4.86. The van der Waals surface area contributed by atoms with Crippen molar-refractivity contribution < 1.29 is 41.3 Å². The van der Waals surface area contributed by atoms with E-state index in [9.17, 15) is 31.9 Å². The highest BCUT2D eigenvalue weighted by atomic mass is 19.3. The number of amides is 1. The van der Waals surface area contributed by atoms with Crippen LogP contribution in [-0.2, 0) is 9.53 Å². The summed E-state index contributed by atoms with van der Waals surface area (Å²) in [6, 6.07) is 4.89. The second-order valence-corrected chi connectivity index (χ2v) is 6.64. The monoisotopic (exact) mass is 397 g/mol. The van der Waals surface area contributed by atoms with Crippen LogP contribution in [0.4, 0.5) is 22.0 Å². The van der Waals surface area contributed by atoms with Crippen molar-refractivity contribution in [3.8, 4) is 5.75 Å². The Kier molecular flexibility index (Phi) is 6.31. The molecule has 2 unspecified atom stereocenters. The van der Waals surface area contributed by atoms with Gasteiger partial charge in [-0.1, -0.05) is 12.1 Å². The molecule has 1 aromatic rings. The maximum absolute atomic E-state index is 14.6. The van der Waals surface area contributed by atoms with E-state index in [0.29, 0.717) is 0 Å². The van der Waals surface area contributed by atoms with E-state index in [1.165, 1.54) is 18.2 Å². The van der Waals surface area contributed by atoms with Crippen LogP contribution in [0.1, 0.15) is 31.2 Å². The van der Waals surface area contributed by atoms with E-state index >= 15 is 0 Å². The van der Waals surface area contributed by atoms with Crippen LogP contribution in [0.15, 0.2) is 24.3 Å². The highest BCUT2D eigenvalue weighted by Crippen LogP contribution is 2.54. The smallest absolute Gasteiger partial charge is 0.387 e. The summed E-state index contributed by atoms with van der Waals surface area (Å²) < 4.78 is 73.2. The van der Waals surface area contributed by atoms with Crippen LogP contribution in [0, 0.1) is 5.92 Å². The minimum atomic E-state index is -3.20. The first-order valence-electron chi connectivity index (χ1n) is 8.13. The summed E-state index contributed by atoms with van der Waals surface area (Å²) in [5.74, 6) is -4.40. The molecule has 1 amide bonds. The summed E-state index contributed by atoms with van der Waals surface area (Å²) in [4.78, 5) is 12.0. The molecule has 0 aromatic heterocycles. The molecule has 10 heteroatoms. The van der Waals surface area contributed by atoms with Gasteiger partial charge in [0, 0.05) is 5.92 Å². The fourth-order valence-corrected chi connectivity index (χ4v) is 3.24. The van der Waals surface area contributed by atoms with E-state index in [2.05, 4.69) is 9.47 Å². The van der Waals surface area contributed by atoms with Gasteiger partial charge < -0.3 is 20.3 Å². The summed E-state index contributed by atoms with van der Waals surface area (Å²) in [5.41, 5.74) is 1.03. The molecule has 27 heavy (non-hydrogen) atoms. The number of hydrogen-bond acceptors (Lipinski definition) is 4. The summed E-state index contributed by atoms with van der Waals surface area (Å²) in [7, 11) is 0. The predicted octanol–water partition coefficient (Wildman–Crippen LogP) is 2.97. The lowest BCUT2D eigenvalue weighted by molar-refractivity contribution is -0.159. The minimum absolute atomic E-state index is 0.0270. The zero-order chi connectivity index (χ0) is 20.4. The average Bonchev–Trinajstić information content (AvgIpc) is 3.29. The number of carbonyl (C=O) groups is 1. The number of aliphatic hydroxyl groups is 1. The van der Waals surface area contributed by atoms with Crippen LogP contribution in [0.25, 0.3) is 0 Å². The molecule has 152 valence electrons. The number of carbonyl (C=O) groups excluding carboxylic acids is 1. The van der Waals surface area contributed by atoms with Gasteiger partial charge in [0.05, 0.1) is 12.5 Å². The van der Waals surface area contributed by atoms with E-state index < -0.39 is 48.8 Å². The van der Waals surface area contributed by atoms with Crippen LogP contribution in [0.5, 0.6) is 5.75 Å². The Labute approximate surface area is 152 Å². The Balaban J connectivity index is 2.44. The molecule has 2 rings (SSSR count). The van der Waals surface area contributed by atoms with Gasteiger partial charge in [-0.2, -0.15) is 17.6 Å². The minimum Gasteiger partial charge on any atom is -0.435 e. The molecule has 1 fully saturated rings. The number of alkyl halides is 5. The van der Waals surface area contributed by atoms with Crippen molar-refractivity contribution >= 4 is 5.91 Å². The average molecular weight is 397 g/mol. The quantitative estimate of drug-likeness (QED) is 0.595. The standard InChI is InChI=1S/C17H20F5NO4/c1-16(25,17(22)5-6-17)12(13(23)24)11(8-26-14(18)19)9-3-2-4-10(7-9)27-15(20)21/h2-4,7,11-12,14-15,25H,5-6,8H2,1H3,(H2,23,24)/t11-,12?,16?/m0/s1. The van der Waals surface area contributed by atoms with Gasteiger partial charge >= 0.3 is 13.2 Å². The highest BCUT2D eigenvalue weighted by molar-refractivity contribution is 5.79. The first-order valence-corrected chi connectivity index (χ1v) is 8.13. The first kappa shape index (κ1) is 21.4. The van der Waals surface area contributed by atoms with Crippen LogP contribution in [0.3, 0.4) is 0 Å². The van der Waals surface area contributed by atoms with Gasteiger partial charge in [-0.25, -0.2) is 4.39 Å². The van der Waals surface area contributed by atoms with E-state index in [-0.39, 0.29) is 24.2 Å². The zero-order valence-electron chi connectivity index (χ0n) is 14.4. The van der Waals surface area contributed by atoms with Crippen molar-refractivity contribution in [1.82, 2.24) is 0 Å². The number of nitrogens with two attached hydrogens (primary N) is 1.